The van der Waals surface area contributed by atoms with Gasteiger partial charge in [-0.3, -0.25) is 0 Å². The summed E-state index contributed by atoms with van der Waals surface area (Å²) < 4.78 is 29.1. The standard InChI is InChI=1S/C18H17F2N5/c1-11-21-9-17-14(7-8-25(17)23-11)13-3-5-15-16(6-4-13)24(10-18(19)20)12(2)22-15/h3-5,7-9,18H,6,10H2,1-2H3. The van der Waals surface area contributed by atoms with E-state index in [0.29, 0.717) is 18.1 Å². The SMILES string of the molecule is Cc1ncc2c(C3=CCc4c(nc(C)n4CC(F)F)C=C3)ccn2n1. The lowest BCUT2D eigenvalue weighted by Crippen LogP contribution is -2.11. The zero-order valence-corrected chi connectivity index (χ0v) is 13.9. The molecule has 4 rings (SSSR count). The summed E-state index contributed by atoms with van der Waals surface area (Å²) in [6.45, 7) is 3.28. The molecule has 3 heterocycles. The maximum atomic E-state index is 12.9. The normalized spacial score (nSPS) is 14.0. The molecule has 1 aliphatic carbocycles. The van der Waals surface area contributed by atoms with Gasteiger partial charge in [0.1, 0.15) is 11.6 Å². The number of halogens is 2. The summed E-state index contributed by atoms with van der Waals surface area (Å²) >= 11 is 0. The Kier molecular flexibility index (Phi) is 3.71. The highest BCUT2D eigenvalue weighted by Crippen LogP contribution is 2.27. The van der Waals surface area contributed by atoms with Crippen LogP contribution in [0, 0.1) is 13.8 Å². The second kappa shape index (κ2) is 5.91. The fourth-order valence-corrected chi connectivity index (χ4v) is 3.23. The van der Waals surface area contributed by atoms with Gasteiger partial charge in [-0.2, -0.15) is 5.10 Å². The third kappa shape index (κ3) is 2.75. The van der Waals surface area contributed by atoms with Crippen LogP contribution in [0.1, 0.15) is 28.6 Å². The molecular formula is C18H17F2N5. The third-order valence-electron chi connectivity index (χ3n) is 4.39. The van der Waals surface area contributed by atoms with Crippen molar-refractivity contribution in [1.82, 2.24) is 24.1 Å². The van der Waals surface area contributed by atoms with Crippen LogP contribution >= 0.6 is 0 Å². The molecule has 0 atom stereocenters. The number of imidazole rings is 1. The molecule has 1 aliphatic rings. The van der Waals surface area contributed by atoms with Crippen molar-refractivity contribution in [3.8, 4) is 0 Å². The Morgan fingerprint density at radius 1 is 1.24 bits per heavy atom. The maximum Gasteiger partial charge on any atom is 0.256 e. The molecule has 0 unspecified atom stereocenters. The van der Waals surface area contributed by atoms with Crippen LogP contribution in [0.3, 0.4) is 0 Å². The van der Waals surface area contributed by atoms with Crippen molar-refractivity contribution in [1.29, 1.82) is 0 Å². The predicted octanol–water partition coefficient (Wildman–Crippen LogP) is 3.46. The molecular weight excluding hydrogens is 324 g/mol. The van der Waals surface area contributed by atoms with Crippen LogP contribution in [0.25, 0.3) is 17.2 Å². The highest BCUT2D eigenvalue weighted by molar-refractivity contribution is 5.87. The summed E-state index contributed by atoms with van der Waals surface area (Å²) in [4.78, 5) is 8.70. The number of hydrogen-bond donors (Lipinski definition) is 0. The number of allylic oxidation sites excluding steroid dienone is 3. The van der Waals surface area contributed by atoms with E-state index in [0.717, 1.165) is 28.0 Å². The molecule has 5 nitrogen and oxygen atoms in total. The lowest BCUT2D eigenvalue weighted by molar-refractivity contribution is 0.125. The van der Waals surface area contributed by atoms with Crippen LogP contribution < -0.4 is 0 Å². The molecule has 0 aliphatic heterocycles. The Hall–Kier alpha value is -2.83. The molecule has 0 N–H and O–H groups in total. The first kappa shape index (κ1) is 15.7. The lowest BCUT2D eigenvalue weighted by Gasteiger charge is -2.08. The number of alkyl halides is 2. The summed E-state index contributed by atoms with van der Waals surface area (Å²) in [5.41, 5.74) is 4.50. The van der Waals surface area contributed by atoms with Gasteiger partial charge in [0.2, 0.25) is 0 Å². The van der Waals surface area contributed by atoms with E-state index in [4.69, 9.17) is 0 Å². The monoisotopic (exact) mass is 341 g/mol. The topological polar surface area (TPSA) is 48.0 Å². The predicted molar refractivity (Wildman–Crippen MR) is 91.4 cm³/mol. The van der Waals surface area contributed by atoms with Crippen molar-refractivity contribution in [2.75, 3.05) is 0 Å². The zero-order valence-electron chi connectivity index (χ0n) is 13.9. The van der Waals surface area contributed by atoms with Gasteiger partial charge in [0.05, 0.1) is 24.0 Å². The van der Waals surface area contributed by atoms with Gasteiger partial charge in [-0.1, -0.05) is 12.2 Å². The molecule has 0 bridgehead atoms. The van der Waals surface area contributed by atoms with Gasteiger partial charge >= 0.3 is 0 Å². The fourth-order valence-electron chi connectivity index (χ4n) is 3.23. The van der Waals surface area contributed by atoms with E-state index in [9.17, 15) is 8.78 Å². The van der Waals surface area contributed by atoms with Gasteiger partial charge in [0.25, 0.3) is 6.43 Å². The molecule has 0 fully saturated rings. The molecule has 0 spiro atoms. The third-order valence-corrected chi connectivity index (χ3v) is 4.39. The Morgan fingerprint density at radius 2 is 2.08 bits per heavy atom. The van der Waals surface area contributed by atoms with Crippen LogP contribution in [0.5, 0.6) is 0 Å². The van der Waals surface area contributed by atoms with Crippen LogP contribution in [-0.2, 0) is 13.0 Å². The van der Waals surface area contributed by atoms with Gasteiger partial charge in [-0.25, -0.2) is 23.3 Å². The Balaban J connectivity index is 1.74. The first-order valence-electron chi connectivity index (χ1n) is 8.06. The van der Waals surface area contributed by atoms with E-state index in [1.807, 2.05) is 37.4 Å². The average Bonchev–Trinajstić information content (AvgIpc) is 3.02. The summed E-state index contributed by atoms with van der Waals surface area (Å²) in [6, 6.07) is 1.99. The summed E-state index contributed by atoms with van der Waals surface area (Å²) in [7, 11) is 0. The lowest BCUT2D eigenvalue weighted by atomic mass is 10.1. The highest BCUT2D eigenvalue weighted by atomic mass is 19.3. The molecule has 0 aromatic carbocycles. The number of aryl methyl sites for hydroxylation is 2. The largest absolute Gasteiger partial charge is 0.326 e. The minimum Gasteiger partial charge on any atom is -0.326 e. The smallest absolute Gasteiger partial charge is 0.256 e. The number of nitrogens with zero attached hydrogens (tertiary/aromatic N) is 5. The molecule has 25 heavy (non-hydrogen) atoms. The number of fused-ring (bicyclic) bond motifs is 2. The van der Waals surface area contributed by atoms with Crippen molar-refractivity contribution < 1.29 is 8.78 Å². The molecule has 0 saturated carbocycles. The molecule has 0 radical (unpaired) electrons. The molecule has 7 heteroatoms. The van der Waals surface area contributed by atoms with Crippen molar-refractivity contribution in [2.45, 2.75) is 33.2 Å². The summed E-state index contributed by atoms with van der Waals surface area (Å²) in [5, 5.41) is 4.36. The van der Waals surface area contributed by atoms with Crippen molar-refractivity contribution in [3.05, 3.63) is 59.2 Å². The molecule has 0 saturated heterocycles. The van der Waals surface area contributed by atoms with Crippen LogP contribution in [0.2, 0.25) is 0 Å². The Morgan fingerprint density at radius 3 is 2.88 bits per heavy atom. The number of hydrogen-bond acceptors (Lipinski definition) is 3. The van der Waals surface area contributed by atoms with Crippen molar-refractivity contribution in [3.63, 3.8) is 0 Å². The first-order valence-corrected chi connectivity index (χ1v) is 8.06. The zero-order chi connectivity index (χ0) is 17.6. The van der Waals surface area contributed by atoms with E-state index < -0.39 is 6.43 Å². The second-order valence-electron chi connectivity index (χ2n) is 6.05. The van der Waals surface area contributed by atoms with Crippen LogP contribution in [0.15, 0.2) is 30.6 Å². The minimum absolute atomic E-state index is 0.326. The summed E-state index contributed by atoms with van der Waals surface area (Å²) in [6.07, 6.45) is 7.75. The fraction of sp³-hybridized carbons (Fsp3) is 0.278. The van der Waals surface area contributed by atoms with Crippen LogP contribution in [0.4, 0.5) is 8.78 Å². The van der Waals surface area contributed by atoms with Crippen LogP contribution in [-0.4, -0.2) is 30.6 Å². The number of aromatic nitrogens is 5. The Bertz CT molecular complexity index is 1010. The van der Waals surface area contributed by atoms with Gasteiger partial charge in [0, 0.05) is 23.9 Å². The molecule has 3 aromatic heterocycles. The van der Waals surface area contributed by atoms with Gasteiger partial charge < -0.3 is 4.57 Å². The van der Waals surface area contributed by atoms with E-state index in [1.165, 1.54) is 0 Å². The first-order chi connectivity index (χ1) is 12.0. The van der Waals surface area contributed by atoms with Gasteiger partial charge in [-0.05, 0) is 31.6 Å². The van der Waals surface area contributed by atoms with E-state index in [1.54, 1.807) is 22.2 Å². The average molecular weight is 341 g/mol. The number of rotatable bonds is 3. The van der Waals surface area contributed by atoms with Gasteiger partial charge in [-0.15, -0.1) is 0 Å². The van der Waals surface area contributed by atoms with Crippen molar-refractivity contribution in [2.24, 2.45) is 0 Å². The Labute approximate surface area is 143 Å². The van der Waals surface area contributed by atoms with E-state index in [-0.39, 0.29) is 6.54 Å². The molecule has 3 aromatic rings. The molecule has 0 amide bonds. The highest BCUT2D eigenvalue weighted by Gasteiger charge is 2.18. The maximum absolute atomic E-state index is 12.9. The summed E-state index contributed by atoms with van der Waals surface area (Å²) in [5.74, 6) is 1.32. The second-order valence-corrected chi connectivity index (χ2v) is 6.05. The quantitative estimate of drug-likeness (QED) is 0.733. The van der Waals surface area contributed by atoms with E-state index >= 15 is 0 Å². The molecule has 128 valence electrons. The van der Waals surface area contributed by atoms with Crippen molar-refractivity contribution >= 4 is 17.2 Å². The minimum atomic E-state index is -2.40. The van der Waals surface area contributed by atoms with E-state index in [2.05, 4.69) is 15.1 Å². The van der Waals surface area contributed by atoms with Gasteiger partial charge in [0.15, 0.2) is 0 Å².